The zero-order chi connectivity index (χ0) is 41.4. The number of ether oxygens (including phenoxy) is 2. The average molecular weight is 811 g/mol. The Kier molecular flexibility index (Phi) is 37.4. The molecule has 0 rings (SSSR count). The Balaban J connectivity index is 4.55. The molecule has 0 fully saturated rings. The number of esters is 2. The van der Waals surface area contributed by atoms with Crippen LogP contribution in [-0.4, -0.2) is 76.9 Å². The molecule has 0 aliphatic carbocycles. The third kappa shape index (κ3) is 38.3. The number of allylic oxidation sites excluding steroid dienone is 11. The number of carbonyl (C=O) groups excluding carboxylic acids is 2. The molecule has 0 saturated heterocycles. The first kappa shape index (κ1) is 53.4. The fourth-order valence-electron chi connectivity index (χ4n) is 5.12. The predicted octanol–water partition coefficient (Wildman–Crippen LogP) is 9.86. The maximum atomic E-state index is 12.6. The normalized spacial score (nSPS) is 15.2. The van der Waals surface area contributed by atoms with Gasteiger partial charge < -0.3 is 29.7 Å². The molecule has 0 aliphatic heterocycles. The Bertz CT molecular complexity index is 1180. The van der Waals surface area contributed by atoms with Gasteiger partial charge in [0, 0.05) is 12.8 Å². The second kappa shape index (κ2) is 39.2. The first-order valence-corrected chi connectivity index (χ1v) is 22.5. The van der Waals surface area contributed by atoms with Crippen molar-refractivity contribution in [2.75, 3.05) is 26.4 Å². The molecule has 0 aliphatic rings. The van der Waals surface area contributed by atoms with Crippen molar-refractivity contribution >= 4 is 19.8 Å². The van der Waals surface area contributed by atoms with Crippen molar-refractivity contribution in [3.63, 3.8) is 0 Å². The molecule has 0 aromatic carbocycles. The summed E-state index contributed by atoms with van der Waals surface area (Å²) in [5, 5.41) is 28.5. The Labute approximate surface area is 338 Å². The Morgan fingerprint density at radius 3 is 1.73 bits per heavy atom. The summed E-state index contributed by atoms with van der Waals surface area (Å²) in [4.78, 5) is 35.0. The zero-order valence-electron chi connectivity index (χ0n) is 34.4. The molecule has 322 valence electrons. The van der Waals surface area contributed by atoms with Crippen LogP contribution in [0.15, 0.2) is 72.9 Å². The third-order valence-electron chi connectivity index (χ3n) is 8.44. The van der Waals surface area contributed by atoms with Crippen molar-refractivity contribution in [2.45, 2.75) is 167 Å². The number of unbranched alkanes of at least 4 members (excludes halogenated alkanes) is 11. The van der Waals surface area contributed by atoms with Gasteiger partial charge in [0.2, 0.25) is 0 Å². The van der Waals surface area contributed by atoms with E-state index in [0.29, 0.717) is 19.3 Å². The fraction of sp³-hybridized carbons (Fsp3) is 0.682. The van der Waals surface area contributed by atoms with E-state index in [9.17, 15) is 29.3 Å². The van der Waals surface area contributed by atoms with Crippen LogP contribution < -0.4 is 0 Å². The van der Waals surface area contributed by atoms with Crippen molar-refractivity contribution in [3.05, 3.63) is 72.9 Å². The lowest BCUT2D eigenvalue weighted by atomic mass is 10.1. The van der Waals surface area contributed by atoms with Gasteiger partial charge in [-0.25, -0.2) is 4.57 Å². The standard InChI is InChI=1S/C44H75O11P/c1-3-5-7-9-11-13-15-17-18-20-22-24-26-28-30-34-44(49)55-42(39-54-56(50,51)53-37-41(47)36-45)38-52-43(48)35-31-33-40(46)32-29-27-25-23-21-19-16-14-12-10-8-6-4-2/h11-14,17-19,21,25,27,29,32,40-42,45-47H,3-10,15-16,20,22-24,26,28,30-31,33-39H2,1-2H3,(H,50,51)/b13-11-,14-12-,18-17-,21-19-,27-25-,32-29+/t40-,41+,42-/m1/s1. The van der Waals surface area contributed by atoms with Crippen LogP contribution in [0.3, 0.4) is 0 Å². The molecule has 12 heteroatoms. The minimum absolute atomic E-state index is 0.00667. The number of phosphoric ester groups is 1. The van der Waals surface area contributed by atoms with Crippen LogP contribution in [0.5, 0.6) is 0 Å². The summed E-state index contributed by atoms with van der Waals surface area (Å²) in [6.45, 7) is 2.06. The summed E-state index contributed by atoms with van der Waals surface area (Å²) in [6, 6.07) is 0. The topological polar surface area (TPSA) is 169 Å². The average Bonchev–Trinajstić information content (AvgIpc) is 3.18. The van der Waals surface area contributed by atoms with E-state index in [2.05, 4.69) is 67.0 Å². The van der Waals surface area contributed by atoms with Crippen LogP contribution >= 0.6 is 7.82 Å². The minimum Gasteiger partial charge on any atom is -0.462 e. The molecule has 11 nitrogen and oxygen atoms in total. The van der Waals surface area contributed by atoms with Crippen molar-refractivity contribution in [1.82, 2.24) is 0 Å². The highest BCUT2D eigenvalue weighted by molar-refractivity contribution is 7.47. The zero-order valence-corrected chi connectivity index (χ0v) is 35.3. The second-order valence-electron chi connectivity index (χ2n) is 13.9. The SMILES string of the molecule is CCCCC/C=C\C/C=C\C/C=C\C=C\[C@@H](O)CCCC(=O)OC[C@H](COP(=O)(O)OC[C@@H](O)CO)OC(=O)CCCCCCC/C=C\C/C=C\CCCCC. The Morgan fingerprint density at radius 2 is 1.12 bits per heavy atom. The summed E-state index contributed by atoms with van der Waals surface area (Å²) in [6.07, 6.45) is 40.4. The van der Waals surface area contributed by atoms with Crippen LogP contribution in [0.2, 0.25) is 0 Å². The summed E-state index contributed by atoms with van der Waals surface area (Å²) in [5.41, 5.74) is 0. The van der Waals surface area contributed by atoms with Crippen LogP contribution in [-0.2, 0) is 32.7 Å². The third-order valence-corrected chi connectivity index (χ3v) is 9.39. The number of rotatable bonds is 38. The molecule has 1 unspecified atom stereocenters. The second-order valence-corrected chi connectivity index (χ2v) is 15.3. The predicted molar refractivity (Wildman–Crippen MR) is 225 cm³/mol. The van der Waals surface area contributed by atoms with Crippen LogP contribution in [0.4, 0.5) is 0 Å². The van der Waals surface area contributed by atoms with Gasteiger partial charge in [0.1, 0.15) is 12.7 Å². The van der Waals surface area contributed by atoms with E-state index < -0.39 is 64.5 Å². The van der Waals surface area contributed by atoms with Gasteiger partial charge in [-0.1, -0.05) is 132 Å². The van der Waals surface area contributed by atoms with Gasteiger partial charge in [-0.05, 0) is 77.0 Å². The summed E-state index contributed by atoms with van der Waals surface area (Å²) >= 11 is 0. The number of aliphatic hydroxyl groups excluding tert-OH is 3. The van der Waals surface area contributed by atoms with Crippen LogP contribution in [0.1, 0.15) is 149 Å². The maximum absolute atomic E-state index is 12.6. The minimum atomic E-state index is -4.67. The lowest BCUT2D eigenvalue weighted by molar-refractivity contribution is -0.161. The lowest BCUT2D eigenvalue weighted by Gasteiger charge is -2.20. The first-order chi connectivity index (χ1) is 27.1. The number of hydrogen-bond donors (Lipinski definition) is 4. The Hall–Kier alpha value is -2.63. The molecule has 0 aromatic heterocycles. The van der Waals surface area contributed by atoms with Crippen molar-refractivity contribution < 1.29 is 52.9 Å². The highest BCUT2D eigenvalue weighted by Crippen LogP contribution is 2.43. The van der Waals surface area contributed by atoms with E-state index in [1.165, 1.54) is 38.5 Å². The van der Waals surface area contributed by atoms with E-state index in [1.54, 1.807) is 12.2 Å². The van der Waals surface area contributed by atoms with Gasteiger partial charge in [0.25, 0.3) is 0 Å². The van der Waals surface area contributed by atoms with Crippen molar-refractivity contribution in [3.8, 4) is 0 Å². The van der Waals surface area contributed by atoms with E-state index in [-0.39, 0.29) is 12.8 Å². The number of hydrogen-bond acceptors (Lipinski definition) is 10. The first-order valence-electron chi connectivity index (χ1n) is 21.0. The lowest BCUT2D eigenvalue weighted by Crippen LogP contribution is -2.30. The molecule has 0 heterocycles. The van der Waals surface area contributed by atoms with E-state index in [4.69, 9.17) is 19.1 Å². The highest BCUT2D eigenvalue weighted by Gasteiger charge is 2.27. The molecule has 4 atom stereocenters. The molecule has 56 heavy (non-hydrogen) atoms. The smallest absolute Gasteiger partial charge is 0.462 e. The van der Waals surface area contributed by atoms with E-state index in [0.717, 1.165) is 64.2 Å². The van der Waals surface area contributed by atoms with Gasteiger partial charge in [-0.15, -0.1) is 0 Å². The number of aliphatic hydroxyl groups is 3. The summed E-state index contributed by atoms with van der Waals surface area (Å²) in [7, 11) is -4.67. The molecule has 0 radical (unpaired) electrons. The van der Waals surface area contributed by atoms with E-state index in [1.807, 2.05) is 12.2 Å². The molecular formula is C44H75O11P. The molecule has 0 bridgehead atoms. The summed E-state index contributed by atoms with van der Waals surface area (Å²) in [5.74, 6) is -1.15. The maximum Gasteiger partial charge on any atom is 0.472 e. The van der Waals surface area contributed by atoms with Gasteiger partial charge in [0.05, 0.1) is 25.9 Å². The van der Waals surface area contributed by atoms with Gasteiger partial charge in [-0.2, -0.15) is 0 Å². The molecule has 0 amide bonds. The fourth-order valence-corrected chi connectivity index (χ4v) is 5.91. The molecule has 0 saturated carbocycles. The monoisotopic (exact) mass is 811 g/mol. The van der Waals surface area contributed by atoms with Crippen LogP contribution in [0, 0.1) is 0 Å². The molecule has 0 aromatic rings. The van der Waals surface area contributed by atoms with E-state index >= 15 is 0 Å². The molecule has 0 spiro atoms. The summed E-state index contributed by atoms with van der Waals surface area (Å²) < 4.78 is 32.5. The quantitative estimate of drug-likeness (QED) is 0.0154. The van der Waals surface area contributed by atoms with Crippen molar-refractivity contribution in [1.29, 1.82) is 0 Å². The largest absolute Gasteiger partial charge is 0.472 e. The van der Waals surface area contributed by atoms with Crippen molar-refractivity contribution in [2.24, 2.45) is 0 Å². The Morgan fingerprint density at radius 1 is 0.607 bits per heavy atom. The highest BCUT2D eigenvalue weighted by atomic mass is 31.2. The number of carbonyl (C=O) groups is 2. The van der Waals surface area contributed by atoms with Gasteiger partial charge >= 0.3 is 19.8 Å². The van der Waals surface area contributed by atoms with Crippen LogP contribution in [0.25, 0.3) is 0 Å². The number of phosphoric acid groups is 1. The van der Waals surface area contributed by atoms with Gasteiger partial charge in [0.15, 0.2) is 6.10 Å². The molecule has 4 N–H and O–H groups in total. The van der Waals surface area contributed by atoms with Gasteiger partial charge in [-0.3, -0.25) is 18.6 Å². The molecular weight excluding hydrogens is 735 g/mol.